The first-order valence-corrected chi connectivity index (χ1v) is 7.41. The first-order chi connectivity index (χ1) is 9.75. The first-order valence-electron chi connectivity index (χ1n) is 6.65. The molecule has 0 aliphatic carbocycles. The molecule has 3 rings (SSSR count). The number of ether oxygens (including phenoxy) is 1. The summed E-state index contributed by atoms with van der Waals surface area (Å²) in [6.07, 6.45) is 0.992. The van der Waals surface area contributed by atoms with Gasteiger partial charge in [-0.25, -0.2) is 0 Å². The van der Waals surface area contributed by atoms with Crippen LogP contribution in [0.15, 0.2) is 42.5 Å². The number of anilines is 1. The van der Waals surface area contributed by atoms with Crippen molar-refractivity contribution in [1.82, 2.24) is 0 Å². The van der Waals surface area contributed by atoms with Gasteiger partial charge in [0.15, 0.2) is 0 Å². The maximum atomic E-state index is 6.18. The highest BCUT2D eigenvalue weighted by molar-refractivity contribution is 6.39. The van der Waals surface area contributed by atoms with E-state index in [2.05, 4.69) is 11.4 Å². The van der Waals surface area contributed by atoms with E-state index < -0.39 is 0 Å². The zero-order valence-corrected chi connectivity index (χ0v) is 12.4. The average molecular weight is 308 g/mol. The van der Waals surface area contributed by atoms with Gasteiger partial charge in [0.2, 0.25) is 0 Å². The summed E-state index contributed by atoms with van der Waals surface area (Å²) < 4.78 is 5.67. The van der Waals surface area contributed by atoms with Gasteiger partial charge in [-0.1, -0.05) is 47.5 Å². The molecule has 1 atom stereocenters. The fraction of sp³-hybridized carbons (Fsp3) is 0.250. The number of para-hydroxylation sites is 2. The highest BCUT2D eigenvalue weighted by Gasteiger charge is 2.21. The van der Waals surface area contributed by atoms with Crippen molar-refractivity contribution >= 4 is 28.9 Å². The van der Waals surface area contributed by atoms with E-state index in [1.807, 2.05) is 36.4 Å². The van der Waals surface area contributed by atoms with Crippen molar-refractivity contribution in [2.45, 2.75) is 12.3 Å². The van der Waals surface area contributed by atoms with Gasteiger partial charge in [0, 0.05) is 12.5 Å². The van der Waals surface area contributed by atoms with Crippen LogP contribution in [0, 0.1) is 0 Å². The Hall–Kier alpha value is -1.38. The van der Waals surface area contributed by atoms with Crippen LogP contribution in [0.2, 0.25) is 10.0 Å². The fourth-order valence-corrected chi connectivity index (χ4v) is 3.05. The maximum Gasteiger partial charge on any atom is 0.122 e. The lowest BCUT2D eigenvalue weighted by Gasteiger charge is -2.26. The van der Waals surface area contributed by atoms with E-state index >= 15 is 0 Å². The van der Waals surface area contributed by atoms with Crippen LogP contribution in [0.4, 0.5) is 5.69 Å². The molecule has 1 N–H and O–H groups in total. The van der Waals surface area contributed by atoms with Gasteiger partial charge >= 0.3 is 0 Å². The van der Waals surface area contributed by atoms with E-state index in [9.17, 15) is 0 Å². The monoisotopic (exact) mass is 307 g/mol. The third-order valence-electron chi connectivity index (χ3n) is 3.57. The van der Waals surface area contributed by atoms with E-state index in [1.165, 1.54) is 5.56 Å². The van der Waals surface area contributed by atoms with Crippen LogP contribution < -0.4 is 10.1 Å². The molecule has 1 unspecified atom stereocenters. The van der Waals surface area contributed by atoms with Crippen LogP contribution in [-0.4, -0.2) is 13.2 Å². The van der Waals surface area contributed by atoms with Gasteiger partial charge < -0.3 is 10.1 Å². The Morgan fingerprint density at radius 1 is 1.05 bits per heavy atom. The Labute approximate surface area is 128 Å². The van der Waals surface area contributed by atoms with E-state index in [4.69, 9.17) is 27.9 Å². The molecule has 0 aromatic heterocycles. The quantitative estimate of drug-likeness (QED) is 0.864. The Morgan fingerprint density at radius 2 is 1.80 bits per heavy atom. The van der Waals surface area contributed by atoms with Crippen molar-refractivity contribution in [2.24, 2.45) is 0 Å². The van der Waals surface area contributed by atoms with Crippen LogP contribution in [0.25, 0.3) is 0 Å². The van der Waals surface area contributed by atoms with Crippen LogP contribution >= 0.6 is 23.2 Å². The smallest absolute Gasteiger partial charge is 0.122 e. The topological polar surface area (TPSA) is 21.3 Å². The second kappa shape index (κ2) is 5.94. The summed E-state index contributed by atoms with van der Waals surface area (Å²) in [5, 5.41) is 4.67. The number of halogens is 2. The molecule has 2 nitrogen and oxygen atoms in total. The molecule has 0 spiro atoms. The van der Waals surface area contributed by atoms with Crippen molar-refractivity contribution in [3.63, 3.8) is 0 Å². The molecule has 2 aromatic carbocycles. The first kappa shape index (κ1) is 13.6. The summed E-state index contributed by atoms with van der Waals surface area (Å²) in [5.74, 6) is 1.39. The predicted octanol–water partition coefficient (Wildman–Crippen LogP) is 4.97. The lowest BCUT2D eigenvalue weighted by molar-refractivity contribution is 0.270. The lowest BCUT2D eigenvalue weighted by Crippen LogP contribution is -2.20. The number of hydrogen-bond acceptors (Lipinski definition) is 2. The Balaban J connectivity index is 1.77. The normalized spacial score (nSPS) is 17.2. The van der Waals surface area contributed by atoms with Gasteiger partial charge in [-0.2, -0.15) is 0 Å². The molecule has 0 radical (unpaired) electrons. The zero-order chi connectivity index (χ0) is 13.9. The van der Waals surface area contributed by atoms with Crippen molar-refractivity contribution in [3.05, 3.63) is 58.1 Å². The van der Waals surface area contributed by atoms with Crippen molar-refractivity contribution in [2.75, 3.05) is 18.5 Å². The van der Waals surface area contributed by atoms with Crippen molar-refractivity contribution < 1.29 is 4.74 Å². The number of fused-ring (bicyclic) bond motifs is 1. The minimum Gasteiger partial charge on any atom is -0.493 e. The molecule has 20 heavy (non-hydrogen) atoms. The summed E-state index contributed by atoms with van der Waals surface area (Å²) in [6.45, 7) is 1.55. The summed E-state index contributed by atoms with van der Waals surface area (Å²) in [6, 6.07) is 13.7. The number of benzene rings is 2. The van der Waals surface area contributed by atoms with Gasteiger partial charge in [0.25, 0.3) is 0 Å². The Kier molecular flexibility index (Phi) is 4.04. The Bertz CT molecular complexity index is 595. The molecule has 104 valence electrons. The molecule has 1 aliphatic heterocycles. The summed E-state index contributed by atoms with van der Waals surface area (Å²) >= 11 is 12.4. The molecule has 2 aromatic rings. The molecule has 0 saturated heterocycles. The van der Waals surface area contributed by atoms with Crippen molar-refractivity contribution in [1.29, 1.82) is 0 Å². The van der Waals surface area contributed by atoms with Gasteiger partial charge in [0.1, 0.15) is 5.75 Å². The lowest BCUT2D eigenvalue weighted by atomic mass is 9.93. The second-order valence-corrected chi connectivity index (χ2v) is 5.66. The minimum absolute atomic E-state index is 0.410. The number of hydrogen-bond donors (Lipinski definition) is 1. The predicted molar refractivity (Wildman–Crippen MR) is 84.2 cm³/mol. The Morgan fingerprint density at radius 3 is 2.60 bits per heavy atom. The standard InChI is InChI=1S/C16H15Cl2NO/c17-13-5-3-6-14(18)16(13)19-10-11-8-9-20-15-7-2-1-4-12(11)15/h1-7,11,19H,8-10H2. The molecular weight excluding hydrogens is 293 g/mol. The molecule has 1 aliphatic rings. The SMILES string of the molecule is Clc1cccc(Cl)c1NCC1CCOc2ccccc21. The molecule has 0 saturated carbocycles. The number of rotatable bonds is 3. The molecule has 1 heterocycles. The third-order valence-corrected chi connectivity index (χ3v) is 4.20. The van der Waals surface area contributed by atoms with Crippen LogP contribution in [-0.2, 0) is 0 Å². The van der Waals surface area contributed by atoms with Gasteiger partial charge in [-0.3, -0.25) is 0 Å². The molecular formula is C16H15Cl2NO. The highest BCUT2D eigenvalue weighted by Crippen LogP contribution is 2.35. The van der Waals surface area contributed by atoms with E-state index in [-0.39, 0.29) is 0 Å². The second-order valence-electron chi connectivity index (χ2n) is 4.85. The minimum atomic E-state index is 0.410. The van der Waals surface area contributed by atoms with Gasteiger partial charge in [-0.05, 0) is 30.2 Å². The molecule has 0 fully saturated rings. The molecule has 0 amide bonds. The average Bonchev–Trinajstić information content (AvgIpc) is 2.47. The van der Waals surface area contributed by atoms with Gasteiger partial charge in [-0.15, -0.1) is 0 Å². The number of nitrogens with one attached hydrogen (secondary N) is 1. The van der Waals surface area contributed by atoms with E-state index in [0.717, 1.165) is 31.0 Å². The van der Waals surface area contributed by atoms with Crippen LogP contribution in [0.5, 0.6) is 5.75 Å². The highest BCUT2D eigenvalue weighted by atomic mass is 35.5. The summed E-state index contributed by atoms with van der Waals surface area (Å²) in [5.41, 5.74) is 2.05. The van der Waals surface area contributed by atoms with Crippen LogP contribution in [0.1, 0.15) is 17.9 Å². The van der Waals surface area contributed by atoms with E-state index in [0.29, 0.717) is 16.0 Å². The third kappa shape index (κ3) is 2.72. The largest absolute Gasteiger partial charge is 0.493 e. The summed E-state index contributed by atoms with van der Waals surface area (Å²) in [4.78, 5) is 0. The molecule has 4 heteroatoms. The van der Waals surface area contributed by atoms with Crippen molar-refractivity contribution in [3.8, 4) is 5.75 Å². The van der Waals surface area contributed by atoms with Gasteiger partial charge in [0.05, 0.1) is 22.3 Å². The van der Waals surface area contributed by atoms with E-state index in [1.54, 1.807) is 0 Å². The fourth-order valence-electron chi connectivity index (χ4n) is 2.52. The molecule has 0 bridgehead atoms. The zero-order valence-electron chi connectivity index (χ0n) is 10.9. The van der Waals surface area contributed by atoms with Crippen LogP contribution in [0.3, 0.4) is 0 Å². The maximum absolute atomic E-state index is 6.18. The summed E-state index contributed by atoms with van der Waals surface area (Å²) in [7, 11) is 0.